The summed E-state index contributed by atoms with van der Waals surface area (Å²) in [6, 6.07) is 13.2. The second kappa shape index (κ2) is 5.68. The lowest BCUT2D eigenvalue weighted by Crippen LogP contribution is -2.16. The summed E-state index contributed by atoms with van der Waals surface area (Å²) in [6.07, 6.45) is 0. The molecule has 3 rings (SSSR count). The number of anilines is 1. The average Bonchev–Trinajstić information content (AvgIpc) is 2.91. The van der Waals surface area contributed by atoms with E-state index < -0.39 is 0 Å². The maximum atomic E-state index is 12.6. The van der Waals surface area contributed by atoms with Gasteiger partial charge in [0.15, 0.2) is 5.82 Å². The van der Waals surface area contributed by atoms with Gasteiger partial charge in [0.1, 0.15) is 0 Å². The van der Waals surface area contributed by atoms with Gasteiger partial charge in [-0.2, -0.15) is 9.67 Å². The highest BCUT2D eigenvalue weighted by molar-refractivity contribution is 5.97. The third-order valence-electron chi connectivity index (χ3n) is 3.85. The molecular weight excluding hydrogens is 288 g/mol. The van der Waals surface area contributed by atoms with Crippen LogP contribution in [0.1, 0.15) is 27.0 Å². The van der Waals surface area contributed by atoms with Crippen molar-refractivity contribution in [1.82, 2.24) is 14.8 Å². The Bertz CT molecular complexity index is 896. The highest BCUT2D eigenvalue weighted by Crippen LogP contribution is 2.20. The molecule has 3 aromatic rings. The summed E-state index contributed by atoms with van der Waals surface area (Å²) in [7, 11) is 0. The first-order chi connectivity index (χ1) is 11.0. The molecule has 1 heterocycles. The van der Waals surface area contributed by atoms with Crippen LogP contribution in [0.5, 0.6) is 0 Å². The van der Waals surface area contributed by atoms with Crippen LogP contribution in [0, 0.1) is 20.8 Å². The maximum absolute atomic E-state index is 12.6. The van der Waals surface area contributed by atoms with E-state index in [1.807, 2.05) is 51.1 Å². The molecule has 0 radical (unpaired) electrons. The van der Waals surface area contributed by atoms with Crippen LogP contribution in [0.15, 0.2) is 42.5 Å². The van der Waals surface area contributed by atoms with Crippen molar-refractivity contribution in [2.75, 3.05) is 5.73 Å². The van der Waals surface area contributed by atoms with Gasteiger partial charge in [0.2, 0.25) is 5.95 Å². The second-order valence-corrected chi connectivity index (χ2v) is 5.68. The number of aryl methyl sites for hydroxylation is 3. The van der Waals surface area contributed by atoms with Crippen LogP contribution in [-0.4, -0.2) is 20.7 Å². The largest absolute Gasteiger partial charge is 0.368 e. The topological polar surface area (TPSA) is 73.8 Å². The minimum absolute atomic E-state index is 0.0877. The van der Waals surface area contributed by atoms with Crippen LogP contribution in [0.2, 0.25) is 0 Å². The lowest BCUT2D eigenvalue weighted by Gasteiger charge is -2.03. The summed E-state index contributed by atoms with van der Waals surface area (Å²) >= 11 is 0. The summed E-state index contributed by atoms with van der Waals surface area (Å²) in [6.45, 7) is 6.00. The van der Waals surface area contributed by atoms with E-state index >= 15 is 0 Å². The summed E-state index contributed by atoms with van der Waals surface area (Å²) in [4.78, 5) is 16.8. The Morgan fingerprint density at radius 3 is 2.52 bits per heavy atom. The lowest BCUT2D eigenvalue weighted by atomic mass is 10.1. The number of hydrogen-bond acceptors (Lipinski definition) is 4. The number of benzene rings is 2. The molecule has 0 saturated carbocycles. The van der Waals surface area contributed by atoms with Crippen molar-refractivity contribution in [3.05, 3.63) is 64.7 Å². The minimum atomic E-state index is -0.284. The van der Waals surface area contributed by atoms with Gasteiger partial charge in [0.05, 0.1) is 0 Å². The number of nitrogens with two attached hydrogens (primary N) is 1. The predicted molar refractivity (Wildman–Crippen MR) is 90.3 cm³/mol. The summed E-state index contributed by atoms with van der Waals surface area (Å²) in [5, 5.41) is 4.29. The molecule has 2 N–H and O–H groups in total. The molecule has 0 aliphatic rings. The van der Waals surface area contributed by atoms with Crippen LogP contribution in [0.4, 0.5) is 5.95 Å². The predicted octanol–water partition coefficient (Wildman–Crippen LogP) is 3.14. The maximum Gasteiger partial charge on any atom is 0.281 e. The monoisotopic (exact) mass is 306 g/mol. The molecule has 0 aliphatic heterocycles. The van der Waals surface area contributed by atoms with Gasteiger partial charge in [-0.3, -0.25) is 4.79 Å². The zero-order valence-electron chi connectivity index (χ0n) is 13.4. The smallest absolute Gasteiger partial charge is 0.281 e. The van der Waals surface area contributed by atoms with E-state index in [2.05, 4.69) is 10.1 Å². The van der Waals surface area contributed by atoms with Gasteiger partial charge in [0, 0.05) is 11.1 Å². The van der Waals surface area contributed by atoms with Crippen molar-refractivity contribution in [3.8, 4) is 11.4 Å². The van der Waals surface area contributed by atoms with E-state index in [1.165, 1.54) is 5.56 Å². The number of aromatic nitrogens is 3. The van der Waals surface area contributed by atoms with Crippen molar-refractivity contribution in [1.29, 1.82) is 0 Å². The fourth-order valence-electron chi connectivity index (χ4n) is 2.38. The summed E-state index contributed by atoms with van der Waals surface area (Å²) in [5.41, 5.74) is 10.6. The van der Waals surface area contributed by atoms with E-state index in [-0.39, 0.29) is 11.9 Å². The van der Waals surface area contributed by atoms with Crippen molar-refractivity contribution in [2.24, 2.45) is 0 Å². The molecule has 116 valence electrons. The molecule has 23 heavy (non-hydrogen) atoms. The Kier molecular flexibility index (Phi) is 3.70. The molecular formula is C18H18N4O. The molecule has 0 fully saturated rings. The van der Waals surface area contributed by atoms with Crippen molar-refractivity contribution in [2.45, 2.75) is 20.8 Å². The molecule has 2 aromatic carbocycles. The van der Waals surface area contributed by atoms with Crippen LogP contribution < -0.4 is 5.73 Å². The van der Waals surface area contributed by atoms with E-state index in [0.29, 0.717) is 11.4 Å². The number of carbonyl (C=O) groups is 1. The molecule has 0 amide bonds. The van der Waals surface area contributed by atoms with E-state index in [9.17, 15) is 4.79 Å². The normalized spacial score (nSPS) is 10.7. The van der Waals surface area contributed by atoms with Crippen LogP contribution in [-0.2, 0) is 0 Å². The van der Waals surface area contributed by atoms with Gasteiger partial charge < -0.3 is 5.73 Å². The van der Waals surface area contributed by atoms with Crippen molar-refractivity contribution >= 4 is 11.9 Å². The van der Waals surface area contributed by atoms with Gasteiger partial charge in [-0.15, -0.1) is 5.10 Å². The molecule has 0 spiro atoms. The number of hydrogen-bond donors (Lipinski definition) is 1. The lowest BCUT2D eigenvalue weighted by molar-refractivity contribution is 0.0948. The fourth-order valence-corrected chi connectivity index (χ4v) is 2.38. The number of nitrogens with zero attached hydrogens (tertiary/aromatic N) is 3. The standard InChI is InChI=1S/C18H18N4O/c1-11-5-4-6-15(9-11)17(23)22-18(19)20-16(21-22)14-8-7-12(2)13(3)10-14/h4-10H,1-3H3,(H2,19,20,21). The number of carbonyl (C=O) groups excluding carboxylic acids is 1. The van der Waals surface area contributed by atoms with E-state index in [4.69, 9.17) is 5.73 Å². The fraction of sp³-hybridized carbons (Fsp3) is 0.167. The van der Waals surface area contributed by atoms with Crippen LogP contribution in [0.3, 0.4) is 0 Å². The number of nitrogen functional groups attached to an aromatic ring is 1. The Morgan fingerprint density at radius 1 is 1.04 bits per heavy atom. The third-order valence-corrected chi connectivity index (χ3v) is 3.85. The van der Waals surface area contributed by atoms with Gasteiger partial charge >= 0.3 is 0 Å². The Labute approximate surface area is 134 Å². The molecule has 0 saturated heterocycles. The molecule has 5 heteroatoms. The van der Waals surface area contributed by atoms with Gasteiger partial charge in [-0.25, -0.2) is 0 Å². The summed E-state index contributed by atoms with van der Waals surface area (Å²) < 4.78 is 1.15. The summed E-state index contributed by atoms with van der Waals surface area (Å²) in [5.74, 6) is 0.255. The first kappa shape index (κ1) is 15.0. The Balaban J connectivity index is 2.01. The van der Waals surface area contributed by atoms with Crippen molar-refractivity contribution < 1.29 is 4.79 Å². The van der Waals surface area contributed by atoms with E-state index in [1.54, 1.807) is 12.1 Å². The quantitative estimate of drug-likeness (QED) is 0.789. The van der Waals surface area contributed by atoms with Gasteiger partial charge in [-0.1, -0.05) is 29.8 Å². The van der Waals surface area contributed by atoms with Crippen LogP contribution >= 0.6 is 0 Å². The highest BCUT2D eigenvalue weighted by Gasteiger charge is 2.17. The average molecular weight is 306 g/mol. The molecule has 1 aromatic heterocycles. The van der Waals surface area contributed by atoms with Gasteiger partial charge in [-0.05, 0) is 50.1 Å². The zero-order chi connectivity index (χ0) is 16.6. The van der Waals surface area contributed by atoms with Crippen LogP contribution in [0.25, 0.3) is 11.4 Å². The molecule has 0 bridgehead atoms. The SMILES string of the molecule is Cc1cccc(C(=O)n2nc(-c3ccc(C)c(C)c3)nc2N)c1. The Morgan fingerprint density at radius 2 is 1.83 bits per heavy atom. The number of rotatable bonds is 2. The molecule has 5 nitrogen and oxygen atoms in total. The minimum Gasteiger partial charge on any atom is -0.368 e. The van der Waals surface area contributed by atoms with Crippen molar-refractivity contribution in [3.63, 3.8) is 0 Å². The first-order valence-electron chi connectivity index (χ1n) is 7.37. The molecule has 0 unspecified atom stereocenters. The second-order valence-electron chi connectivity index (χ2n) is 5.68. The third kappa shape index (κ3) is 2.85. The van der Waals surface area contributed by atoms with E-state index in [0.717, 1.165) is 21.4 Å². The molecule has 0 atom stereocenters. The Hall–Kier alpha value is -2.95. The first-order valence-corrected chi connectivity index (χ1v) is 7.37. The molecule has 0 aliphatic carbocycles. The highest BCUT2D eigenvalue weighted by atomic mass is 16.2. The van der Waals surface area contributed by atoms with Gasteiger partial charge in [0.25, 0.3) is 5.91 Å². The zero-order valence-corrected chi connectivity index (χ0v) is 13.4.